The number of aromatic nitrogens is 2. The molecule has 8 heteroatoms. The molecule has 0 radical (unpaired) electrons. The number of ether oxygens (including phenoxy) is 1. The number of halogens is 3. The Kier molecular flexibility index (Phi) is 4.91. The van der Waals surface area contributed by atoms with E-state index >= 15 is 0 Å². The molecule has 1 fully saturated rings. The number of nitrogens with zero attached hydrogens (tertiary/aromatic N) is 3. The molecular weight excluding hydrogens is 311 g/mol. The van der Waals surface area contributed by atoms with E-state index in [0.717, 1.165) is 25.3 Å². The molecule has 0 aromatic carbocycles. The van der Waals surface area contributed by atoms with Crippen LogP contribution in [0.1, 0.15) is 45.7 Å². The molecule has 1 unspecified atom stereocenters. The fourth-order valence-electron chi connectivity index (χ4n) is 3.15. The fourth-order valence-corrected chi connectivity index (χ4v) is 3.15. The highest BCUT2D eigenvalue weighted by Crippen LogP contribution is 2.34. The number of carbonyl (C=O) groups is 1. The standard InChI is InChI=1S/C15H22F3N3O2/c1-5-6-11-7-9(2)10(3)21(11)14(22)23-13-8-12(15(16,17)18)20(4)19-13/h8-11H,5-7H2,1-4H3/t9-,10?,11+/m1/s1. The van der Waals surface area contributed by atoms with Gasteiger partial charge in [0.25, 0.3) is 0 Å². The van der Waals surface area contributed by atoms with Crippen molar-refractivity contribution in [2.24, 2.45) is 13.0 Å². The normalized spacial score (nSPS) is 25.0. The van der Waals surface area contributed by atoms with Crippen LogP contribution in [0.4, 0.5) is 18.0 Å². The molecule has 0 spiro atoms. The van der Waals surface area contributed by atoms with Gasteiger partial charge in [-0.05, 0) is 25.7 Å². The summed E-state index contributed by atoms with van der Waals surface area (Å²) < 4.78 is 44.1. The van der Waals surface area contributed by atoms with Crippen LogP contribution in [0.3, 0.4) is 0 Å². The van der Waals surface area contributed by atoms with Crippen molar-refractivity contribution in [2.45, 2.75) is 58.3 Å². The Hall–Kier alpha value is -1.73. The van der Waals surface area contributed by atoms with Crippen molar-refractivity contribution in [3.63, 3.8) is 0 Å². The Morgan fingerprint density at radius 2 is 2.09 bits per heavy atom. The van der Waals surface area contributed by atoms with Crippen LogP contribution in [0, 0.1) is 5.92 Å². The van der Waals surface area contributed by atoms with Gasteiger partial charge in [-0.15, -0.1) is 5.10 Å². The summed E-state index contributed by atoms with van der Waals surface area (Å²) in [4.78, 5) is 14.0. The third kappa shape index (κ3) is 3.61. The zero-order valence-electron chi connectivity index (χ0n) is 13.7. The monoisotopic (exact) mass is 333 g/mol. The molecule has 1 amide bonds. The third-order valence-corrected chi connectivity index (χ3v) is 4.47. The Balaban J connectivity index is 2.15. The topological polar surface area (TPSA) is 47.4 Å². The first-order valence-corrected chi connectivity index (χ1v) is 7.76. The van der Waals surface area contributed by atoms with Crippen LogP contribution in [0.15, 0.2) is 6.07 Å². The van der Waals surface area contributed by atoms with Gasteiger partial charge in [0.05, 0.1) is 0 Å². The second-order valence-electron chi connectivity index (χ2n) is 6.16. The van der Waals surface area contributed by atoms with Gasteiger partial charge in [0.2, 0.25) is 5.88 Å². The van der Waals surface area contributed by atoms with Crippen LogP contribution >= 0.6 is 0 Å². The molecule has 1 aromatic rings. The van der Waals surface area contributed by atoms with Crippen LogP contribution in [0.25, 0.3) is 0 Å². The SMILES string of the molecule is CCC[C@H]1C[C@@H](C)C(C)N1C(=O)Oc1cc(C(F)(F)F)n(C)n1. The summed E-state index contributed by atoms with van der Waals surface area (Å²) in [7, 11) is 1.17. The molecule has 0 aliphatic carbocycles. The van der Waals surface area contributed by atoms with E-state index in [1.165, 1.54) is 7.05 Å². The first-order chi connectivity index (χ1) is 10.6. The van der Waals surface area contributed by atoms with Crippen molar-refractivity contribution in [1.29, 1.82) is 0 Å². The van der Waals surface area contributed by atoms with E-state index in [2.05, 4.69) is 12.0 Å². The first kappa shape index (κ1) is 17.6. The van der Waals surface area contributed by atoms with Gasteiger partial charge in [-0.2, -0.15) is 13.2 Å². The van der Waals surface area contributed by atoms with Crippen LogP contribution in [-0.4, -0.2) is 32.9 Å². The fraction of sp³-hybridized carbons (Fsp3) is 0.733. The lowest BCUT2D eigenvalue weighted by Gasteiger charge is -2.27. The van der Waals surface area contributed by atoms with Crippen molar-refractivity contribution in [3.05, 3.63) is 11.8 Å². The summed E-state index contributed by atoms with van der Waals surface area (Å²) >= 11 is 0. The molecule has 0 N–H and O–H groups in total. The molecular formula is C15H22F3N3O2. The minimum atomic E-state index is -4.54. The highest BCUT2D eigenvalue weighted by molar-refractivity contribution is 5.71. The summed E-state index contributed by atoms with van der Waals surface area (Å²) in [6.07, 6.45) is -2.52. The summed E-state index contributed by atoms with van der Waals surface area (Å²) in [5.41, 5.74) is -0.951. The van der Waals surface area contributed by atoms with Gasteiger partial charge in [0.15, 0.2) is 0 Å². The van der Waals surface area contributed by atoms with E-state index in [9.17, 15) is 18.0 Å². The Bertz CT molecular complexity index is 571. The molecule has 0 bridgehead atoms. The second kappa shape index (κ2) is 6.41. The van der Waals surface area contributed by atoms with Crippen molar-refractivity contribution >= 4 is 6.09 Å². The summed E-state index contributed by atoms with van der Waals surface area (Å²) in [5, 5.41) is 3.63. The predicted molar refractivity (Wildman–Crippen MR) is 78.0 cm³/mol. The maximum absolute atomic E-state index is 12.8. The number of rotatable bonds is 3. The van der Waals surface area contributed by atoms with Gasteiger partial charge in [-0.1, -0.05) is 20.3 Å². The molecule has 1 aliphatic rings. The van der Waals surface area contributed by atoms with Crippen LogP contribution < -0.4 is 4.74 Å². The van der Waals surface area contributed by atoms with Gasteiger partial charge in [0.1, 0.15) is 5.69 Å². The number of hydrogen-bond acceptors (Lipinski definition) is 3. The van der Waals surface area contributed by atoms with E-state index in [4.69, 9.17) is 4.74 Å². The average Bonchev–Trinajstić information content (AvgIpc) is 2.91. The number of alkyl halides is 3. The van der Waals surface area contributed by atoms with E-state index in [-0.39, 0.29) is 18.0 Å². The Morgan fingerprint density at radius 1 is 1.43 bits per heavy atom. The summed E-state index contributed by atoms with van der Waals surface area (Å²) in [5.74, 6) is 0.000366. The van der Waals surface area contributed by atoms with Crippen molar-refractivity contribution in [1.82, 2.24) is 14.7 Å². The highest BCUT2D eigenvalue weighted by atomic mass is 19.4. The number of likely N-dealkylation sites (tertiary alicyclic amines) is 1. The van der Waals surface area contributed by atoms with Crippen molar-refractivity contribution in [3.8, 4) is 5.88 Å². The van der Waals surface area contributed by atoms with Gasteiger partial charge in [-0.25, -0.2) is 4.79 Å². The Morgan fingerprint density at radius 3 is 2.61 bits per heavy atom. The van der Waals surface area contributed by atoms with E-state index in [1.54, 1.807) is 4.90 Å². The van der Waals surface area contributed by atoms with Crippen LogP contribution in [-0.2, 0) is 13.2 Å². The first-order valence-electron chi connectivity index (χ1n) is 7.76. The molecule has 1 aromatic heterocycles. The molecule has 23 heavy (non-hydrogen) atoms. The molecule has 0 saturated carbocycles. The van der Waals surface area contributed by atoms with Crippen LogP contribution in [0.5, 0.6) is 5.88 Å². The molecule has 1 saturated heterocycles. The second-order valence-corrected chi connectivity index (χ2v) is 6.16. The lowest BCUT2D eigenvalue weighted by atomic mass is 10.0. The lowest BCUT2D eigenvalue weighted by Crippen LogP contribution is -2.42. The number of aryl methyl sites for hydroxylation is 1. The zero-order chi connectivity index (χ0) is 17.4. The maximum atomic E-state index is 12.8. The van der Waals surface area contributed by atoms with E-state index in [0.29, 0.717) is 10.6 Å². The molecule has 2 rings (SSSR count). The van der Waals surface area contributed by atoms with Crippen molar-refractivity contribution < 1.29 is 22.7 Å². The van der Waals surface area contributed by atoms with Gasteiger partial charge >= 0.3 is 12.3 Å². The quantitative estimate of drug-likeness (QED) is 0.844. The number of hydrogen-bond donors (Lipinski definition) is 0. The molecule has 2 heterocycles. The number of amides is 1. The largest absolute Gasteiger partial charge is 0.433 e. The smallest absolute Gasteiger partial charge is 0.389 e. The predicted octanol–water partition coefficient (Wildman–Crippen LogP) is 3.84. The minimum absolute atomic E-state index is 0.00940. The minimum Gasteiger partial charge on any atom is -0.389 e. The van der Waals surface area contributed by atoms with E-state index < -0.39 is 18.0 Å². The Labute approximate surface area is 133 Å². The van der Waals surface area contributed by atoms with Gasteiger partial charge in [0, 0.05) is 25.2 Å². The molecule has 5 nitrogen and oxygen atoms in total. The third-order valence-electron chi connectivity index (χ3n) is 4.47. The summed E-state index contributed by atoms with van der Waals surface area (Å²) in [6, 6.07) is 0.796. The molecule has 3 atom stereocenters. The van der Waals surface area contributed by atoms with Gasteiger partial charge < -0.3 is 9.64 Å². The van der Waals surface area contributed by atoms with E-state index in [1.807, 2.05) is 13.8 Å². The zero-order valence-corrected chi connectivity index (χ0v) is 13.7. The average molecular weight is 333 g/mol. The maximum Gasteiger partial charge on any atom is 0.433 e. The molecule has 1 aliphatic heterocycles. The van der Waals surface area contributed by atoms with Gasteiger partial charge in [-0.3, -0.25) is 4.68 Å². The lowest BCUT2D eigenvalue weighted by molar-refractivity contribution is -0.143. The molecule has 130 valence electrons. The van der Waals surface area contributed by atoms with Crippen molar-refractivity contribution in [2.75, 3.05) is 0 Å². The number of carbonyl (C=O) groups excluding carboxylic acids is 1. The summed E-state index contributed by atoms with van der Waals surface area (Å²) in [6.45, 7) is 6.02. The van der Waals surface area contributed by atoms with Crippen LogP contribution in [0.2, 0.25) is 0 Å². The highest BCUT2D eigenvalue weighted by Gasteiger charge is 2.40.